The van der Waals surface area contributed by atoms with Gasteiger partial charge in [-0.25, -0.2) is 14.6 Å². The van der Waals surface area contributed by atoms with Crippen LogP contribution in [-0.4, -0.2) is 47.0 Å². The number of carbonyl (C=O) groups excluding carboxylic acids is 1. The number of pyridine rings is 1. The molecule has 1 saturated heterocycles. The number of aryl methyl sites for hydroxylation is 1. The molecule has 1 amide bonds. The Balaban J connectivity index is 2.22. The molecule has 2 aromatic heterocycles. The first-order valence-corrected chi connectivity index (χ1v) is 10.1. The van der Waals surface area contributed by atoms with Gasteiger partial charge in [-0.2, -0.15) is 0 Å². The number of hydrogen-bond acceptors (Lipinski definition) is 6. The van der Waals surface area contributed by atoms with Gasteiger partial charge in [0.2, 0.25) is 5.76 Å². The van der Waals surface area contributed by atoms with E-state index < -0.39 is 12.1 Å². The van der Waals surface area contributed by atoms with Gasteiger partial charge in [-0.05, 0) is 46.1 Å². The molecule has 8 nitrogen and oxygen atoms in total. The summed E-state index contributed by atoms with van der Waals surface area (Å²) in [5.74, 6) is -1.62. The van der Waals surface area contributed by atoms with Crippen molar-refractivity contribution in [3.05, 3.63) is 22.7 Å². The molecule has 0 radical (unpaired) electrons. The van der Waals surface area contributed by atoms with Crippen molar-refractivity contribution in [3.8, 4) is 0 Å². The topological polar surface area (TPSA) is 102 Å². The summed E-state index contributed by atoms with van der Waals surface area (Å²) in [5, 5.41) is 10.4. The van der Waals surface area contributed by atoms with Crippen LogP contribution in [0.4, 0.5) is 10.5 Å². The summed E-state index contributed by atoms with van der Waals surface area (Å²) in [5.41, 5.74) is 0.868. The fourth-order valence-electron chi connectivity index (χ4n) is 3.90. The molecule has 1 aliphatic rings. The fraction of sp³-hybridized carbons (Fsp3) is 0.550. The van der Waals surface area contributed by atoms with E-state index in [1.807, 2.05) is 13.8 Å². The van der Waals surface area contributed by atoms with Crippen LogP contribution in [-0.2, 0) is 9.47 Å². The Morgan fingerprint density at radius 1 is 1.38 bits per heavy atom. The van der Waals surface area contributed by atoms with Gasteiger partial charge in [-0.15, -0.1) is 0 Å². The number of rotatable bonds is 5. The van der Waals surface area contributed by atoms with Crippen molar-refractivity contribution in [2.45, 2.75) is 65.2 Å². The first kappa shape index (κ1) is 21.4. The lowest BCUT2D eigenvalue weighted by molar-refractivity contribution is -0.0485. The number of nitrogens with zero attached hydrogens (tertiary/aromatic N) is 2. The largest absolute Gasteiger partial charge is 0.475 e. The zero-order chi connectivity index (χ0) is 21.3. The van der Waals surface area contributed by atoms with E-state index in [-0.39, 0.29) is 47.0 Å². The molecule has 3 atom stereocenters. The second-order valence-electron chi connectivity index (χ2n) is 7.16. The predicted octanol–water partition coefficient (Wildman–Crippen LogP) is 4.80. The standard InChI is InChI=1S/C20H25ClN2O6/c1-5-13-8-12(7-10(3)28-13)23(20(26)27-6-2)16-14-9-15(21)22-11(4)17(14)29-18(16)19(24)25/h9-10,12-13H,5-8H2,1-4H3,(H,24,25). The molecule has 0 spiro atoms. The maximum Gasteiger partial charge on any atom is 0.414 e. The van der Waals surface area contributed by atoms with E-state index in [0.29, 0.717) is 23.9 Å². The van der Waals surface area contributed by atoms with Crippen molar-refractivity contribution in [1.29, 1.82) is 0 Å². The van der Waals surface area contributed by atoms with E-state index in [1.165, 1.54) is 11.0 Å². The Morgan fingerprint density at radius 2 is 2.10 bits per heavy atom. The minimum absolute atomic E-state index is 0.0425. The second kappa shape index (κ2) is 8.59. The minimum Gasteiger partial charge on any atom is -0.475 e. The van der Waals surface area contributed by atoms with Crippen LogP contribution in [0.5, 0.6) is 0 Å². The van der Waals surface area contributed by atoms with E-state index >= 15 is 0 Å². The quantitative estimate of drug-likeness (QED) is 0.688. The number of carboxylic acids is 1. The van der Waals surface area contributed by atoms with E-state index in [0.717, 1.165) is 6.42 Å². The van der Waals surface area contributed by atoms with Gasteiger partial charge in [0, 0.05) is 6.04 Å². The van der Waals surface area contributed by atoms with Crippen LogP contribution in [0.2, 0.25) is 5.15 Å². The molecule has 3 heterocycles. The Bertz CT molecular complexity index is 927. The minimum atomic E-state index is -1.28. The average Bonchev–Trinajstić information content (AvgIpc) is 3.01. The summed E-state index contributed by atoms with van der Waals surface area (Å²) in [7, 11) is 0. The molecule has 29 heavy (non-hydrogen) atoms. The summed E-state index contributed by atoms with van der Waals surface area (Å²) < 4.78 is 16.8. The van der Waals surface area contributed by atoms with Gasteiger partial charge in [0.05, 0.1) is 29.9 Å². The van der Waals surface area contributed by atoms with E-state index in [4.69, 9.17) is 25.5 Å². The summed E-state index contributed by atoms with van der Waals surface area (Å²) in [6.45, 7) is 7.48. The normalized spacial score (nSPS) is 21.9. The molecule has 1 aliphatic heterocycles. The van der Waals surface area contributed by atoms with Gasteiger partial charge in [0.25, 0.3) is 0 Å². The Morgan fingerprint density at radius 3 is 2.72 bits per heavy atom. The predicted molar refractivity (Wildman–Crippen MR) is 108 cm³/mol. The maximum absolute atomic E-state index is 13.0. The Labute approximate surface area is 173 Å². The molecular weight excluding hydrogens is 400 g/mol. The highest BCUT2D eigenvalue weighted by Crippen LogP contribution is 2.40. The number of hydrogen-bond donors (Lipinski definition) is 1. The first-order chi connectivity index (χ1) is 13.8. The van der Waals surface area contributed by atoms with Gasteiger partial charge >= 0.3 is 12.1 Å². The van der Waals surface area contributed by atoms with Gasteiger partial charge in [-0.1, -0.05) is 18.5 Å². The molecule has 0 bridgehead atoms. The van der Waals surface area contributed by atoms with Crippen LogP contribution >= 0.6 is 11.6 Å². The summed E-state index contributed by atoms with van der Waals surface area (Å²) in [4.78, 5) is 30.5. The molecule has 0 aromatic carbocycles. The highest BCUT2D eigenvalue weighted by Gasteiger charge is 2.39. The van der Waals surface area contributed by atoms with E-state index in [2.05, 4.69) is 4.98 Å². The number of anilines is 1. The Hall–Kier alpha value is -2.32. The van der Waals surface area contributed by atoms with E-state index in [1.54, 1.807) is 13.8 Å². The number of ether oxygens (including phenoxy) is 2. The monoisotopic (exact) mass is 424 g/mol. The molecule has 0 saturated carbocycles. The molecule has 0 aliphatic carbocycles. The third kappa shape index (κ3) is 4.18. The van der Waals surface area contributed by atoms with Crippen molar-refractivity contribution in [3.63, 3.8) is 0 Å². The van der Waals surface area contributed by atoms with Crippen LogP contribution in [0.15, 0.2) is 10.5 Å². The first-order valence-electron chi connectivity index (χ1n) is 9.71. The van der Waals surface area contributed by atoms with Crippen molar-refractivity contribution in [1.82, 2.24) is 4.98 Å². The summed E-state index contributed by atoms with van der Waals surface area (Å²) in [6.07, 6.45) is 1.12. The fourth-order valence-corrected chi connectivity index (χ4v) is 4.13. The van der Waals surface area contributed by atoms with Crippen LogP contribution < -0.4 is 4.90 Å². The smallest absolute Gasteiger partial charge is 0.414 e. The number of carbonyl (C=O) groups is 2. The number of carboxylic acid groups (broad SMARTS) is 1. The molecule has 9 heteroatoms. The van der Waals surface area contributed by atoms with Crippen molar-refractivity contribution in [2.24, 2.45) is 0 Å². The van der Waals surface area contributed by atoms with Crippen molar-refractivity contribution in [2.75, 3.05) is 11.5 Å². The Kier molecular flexibility index (Phi) is 6.33. The molecule has 1 fully saturated rings. The van der Waals surface area contributed by atoms with Crippen LogP contribution in [0.3, 0.4) is 0 Å². The molecule has 3 unspecified atom stereocenters. The zero-order valence-electron chi connectivity index (χ0n) is 16.9. The average molecular weight is 425 g/mol. The highest BCUT2D eigenvalue weighted by molar-refractivity contribution is 6.30. The van der Waals surface area contributed by atoms with Crippen molar-refractivity contribution < 1.29 is 28.6 Å². The molecular formula is C20H25ClN2O6. The molecule has 2 aromatic rings. The summed E-state index contributed by atoms with van der Waals surface area (Å²) in [6, 6.07) is 1.20. The molecule has 3 rings (SSSR count). The lowest BCUT2D eigenvalue weighted by Gasteiger charge is -2.39. The second-order valence-corrected chi connectivity index (χ2v) is 7.55. The zero-order valence-corrected chi connectivity index (χ0v) is 17.7. The number of fused-ring (bicyclic) bond motifs is 1. The lowest BCUT2D eigenvalue weighted by Crippen LogP contribution is -2.48. The van der Waals surface area contributed by atoms with Crippen LogP contribution in [0.25, 0.3) is 11.0 Å². The molecule has 158 valence electrons. The number of amides is 1. The van der Waals surface area contributed by atoms with Crippen LogP contribution in [0, 0.1) is 6.92 Å². The number of aromatic carboxylic acids is 1. The van der Waals surface area contributed by atoms with Gasteiger partial charge in [-0.3, -0.25) is 4.90 Å². The van der Waals surface area contributed by atoms with Crippen molar-refractivity contribution >= 4 is 40.3 Å². The van der Waals surface area contributed by atoms with Gasteiger partial charge in [0.1, 0.15) is 10.8 Å². The SMILES string of the molecule is CCOC(=O)N(c1c(C(=O)O)oc2c(C)nc(Cl)cc12)C1CC(C)OC(CC)C1. The number of halogens is 1. The maximum atomic E-state index is 13.0. The van der Waals surface area contributed by atoms with Crippen LogP contribution in [0.1, 0.15) is 56.3 Å². The number of aromatic nitrogens is 1. The molecule has 1 N–H and O–H groups in total. The third-order valence-electron chi connectivity index (χ3n) is 5.07. The van der Waals surface area contributed by atoms with Gasteiger partial charge < -0.3 is 19.0 Å². The highest BCUT2D eigenvalue weighted by atomic mass is 35.5. The summed E-state index contributed by atoms with van der Waals surface area (Å²) >= 11 is 6.13. The van der Waals surface area contributed by atoms with Gasteiger partial charge in [0.15, 0.2) is 5.58 Å². The third-order valence-corrected chi connectivity index (χ3v) is 5.26. The lowest BCUT2D eigenvalue weighted by atomic mass is 9.95. The van der Waals surface area contributed by atoms with E-state index in [9.17, 15) is 14.7 Å². The number of furan rings is 1.